The third-order valence-electron chi connectivity index (χ3n) is 5.96. The van der Waals surface area contributed by atoms with Gasteiger partial charge in [0.05, 0.1) is 18.1 Å². The van der Waals surface area contributed by atoms with E-state index in [1.165, 1.54) is 5.71 Å². The average Bonchev–Trinajstić information content (AvgIpc) is 3.26. The first-order chi connectivity index (χ1) is 12.9. The van der Waals surface area contributed by atoms with Gasteiger partial charge in [-0.2, -0.15) is 0 Å². The van der Waals surface area contributed by atoms with Crippen LogP contribution in [0.1, 0.15) is 48.7 Å². The summed E-state index contributed by atoms with van der Waals surface area (Å²) in [6.45, 7) is 7.79. The lowest BCUT2D eigenvalue weighted by Gasteiger charge is -2.19. The molecule has 0 radical (unpaired) electrons. The molecule has 2 aromatic rings. The molecular formula is C19H23N5O2S. The average molecular weight is 385 g/mol. The second kappa shape index (κ2) is 5.89. The molecule has 3 aliphatic rings. The molecule has 0 N–H and O–H groups in total. The summed E-state index contributed by atoms with van der Waals surface area (Å²) in [5.74, 6) is 1.58. The van der Waals surface area contributed by atoms with Crippen LogP contribution in [0.2, 0.25) is 0 Å². The summed E-state index contributed by atoms with van der Waals surface area (Å²) < 4.78 is 1.96. The summed E-state index contributed by atoms with van der Waals surface area (Å²) in [5.41, 5.74) is 1.52. The zero-order valence-corrected chi connectivity index (χ0v) is 16.5. The Hall–Kier alpha value is -2.22. The molecule has 2 fully saturated rings. The fourth-order valence-corrected chi connectivity index (χ4v) is 5.14. The van der Waals surface area contributed by atoms with Crippen LogP contribution in [0, 0.1) is 17.8 Å². The summed E-state index contributed by atoms with van der Waals surface area (Å²) in [4.78, 5) is 29.0. The molecule has 142 valence electrons. The van der Waals surface area contributed by atoms with Crippen LogP contribution in [0.4, 0.5) is 0 Å². The highest BCUT2D eigenvalue weighted by molar-refractivity contribution is 7.09. The first-order valence-electron chi connectivity index (χ1n) is 9.40. The zero-order valence-electron chi connectivity index (χ0n) is 15.7. The van der Waals surface area contributed by atoms with Gasteiger partial charge in [-0.15, -0.1) is 11.3 Å². The molecule has 2 aliphatic heterocycles. The number of nitrogens with zero attached hydrogens (tertiary/aromatic N) is 5. The van der Waals surface area contributed by atoms with Crippen molar-refractivity contribution in [2.75, 3.05) is 13.1 Å². The maximum absolute atomic E-state index is 12.8. The van der Waals surface area contributed by atoms with Crippen LogP contribution in [-0.2, 0) is 4.84 Å². The molecular weight excluding hydrogens is 362 g/mol. The standard InChI is InChI=1S/C19H23N5O2S/c1-11(17-20-4-5-27-17)24-9-15(21-10-24)18(25)23-7-12-13(8-23)16(12)14-6-19(2,3)26-22-14/h4-5,9-13,16H,6-8H2,1-3H3/t11-,12?,13?,16?/m0/s1. The molecule has 0 spiro atoms. The minimum Gasteiger partial charge on any atom is -0.389 e. The first kappa shape index (κ1) is 16.9. The van der Waals surface area contributed by atoms with E-state index >= 15 is 0 Å². The topological polar surface area (TPSA) is 72.6 Å². The van der Waals surface area contributed by atoms with Crippen molar-refractivity contribution in [3.8, 4) is 0 Å². The Labute approximate surface area is 162 Å². The summed E-state index contributed by atoms with van der Waals surface area (Å²) >= 11 is 1.61. The van der Waals surface area contributed by atoms with Crippen molar-refractivity contribution in [2.24, 2.45) is 22.9 Å². The fourth-order valence-electron chi connectivity index (χ4n) is 4.44. The van der Waals surface area contributed by atoms with Crippen molar-refractivity contribution < 1.29 is 9.63 Å². The van der Waals surface area contributed by atoms with Crippen LogP contribution >= 0.6 is 11.3 Å². The molecule has 2 aromatic heterocycles. The van der Waals surface area contributed by atoms with Crippen molar-refractivity contribution in [1.29, 1.82) is 0 Å². The number of imidazole rings is 1. The predicted octanol–water partition coefficient (Wildman–Crippen LogP) is 2.82. The molecule has 1 aliphatic carbocycles. The Morgan fingerprint density at radius 1 is 1.33 bits per heavy atom. The van der Waals surface area contributed by atoms with Crippen LogP contribution in [0.15, 0.2) is 29.3 Å². The van der Waals surface area contributed by atoms with Gasteiger partial charge < -0.3 is 14.3 Å². The number of carbonyl (C=O) groups excluding carboxylic acids is 1. The second-order valence-corrected chi connectivity index (χ2v) is 9.35. The number of piperidine rings is 1. The van der Waals surface area contributed by atoms with Crippen LogP contribution in [-0.4, -0.2) is 49.7 Å². The molecule has 7 nitrogen and oxygen atoms in total. The maximum Gasteiger partial charge on any atom is 0.274 e. The molecule has 1 saturated heterocycles. The van der Waals surface area contributed by atoms with Gasteiger partial charge in [-0.1, -0.05) is 5.16 Å². The van der Waals surface area contributed by atoms with Gasteiger partial charge in [0.25, 0.3) is 5.91 Å². The summed E-state index contributed by atoms with van der Waals surface area (Å²) in [6, 6.07) is 0.0825. The van der Waals surface area contributed by atoms with E-state index in [0.717, 1.165) is 24.5 Å². The van der Waals surface area contributed by atoms with Gasteiger partial charge in [-0.3, -0.25) is 4.79 Å². The maximum atomic E-state index is 12.8. The van der Waals surface area contributed by atoms with Crippen LogP contribution < -0.4 is 0 Å². The van der Waals surface area contributed by atoms with Crippen LogP contribution in [0.5, 0.6) is 0 Å². The van der Waals surface area contributed by atoms with E-state index in [4.69, 9.17) is 4.84 Å². The van der Waals surface area contributed by atoms with Gasteiger partial charge >= 0.3 is 0 Å². The molecule has 0 bridgehead atoms. The molecule has 8 heteroatoms. The molecule has 4 heterocycles. The lowest BCUT2D eigenvalue weighted by Crippen LogP contribution is -2.33. The number of oxime groups is 1. The molecule has 1 saturated carbocycles. The van der Waals surface area contributed by atoms with E-state index in [1.807, 2.05) is 21.0 Å². The van der Waals surface area contributed by atoms with Crippen molar-refractivity contribution >= 4 is 23.0 Å². The van der Waals surface area contributed by atoms with Crippen molar-refractivity contribution in [3.05, 3.63) is 34.8 Å². The smallest absolute Gasteiger partial charge is 0.274 e. The van der Waals surface area contributed by atoms with Crippen LogP contribution in [0.3, 0.4) is 0 Å². The Kier molecular flexibility index (Phi) is 3.69. The first-order valence-corrected chi connectivity index (χ1v) is 10.3. The number of hydrogen-bond donors (Lipinski definition) is 0. The number of thiazole rings is 1. The predicted molar refractivity (Wildman–Crippen MR) is 102 cm³/mol. The minimum atomic E-state index is -0.178. The van der Waals surface area contributed by atoms with E-state index in [9.17, 15) is 4.79 Å². The number of rotatable bonds is 4. The van der Waals surface area contributed by atoms with Crippen molar-refractivity contribution in [3.63, 3.8) is 0 Å². The second-order valence-electron chi connectivity index (χ2n) is 8.43. The van der Waals surface area contributed by atoms with E-state index in [1.54, 1.807) is 23.9 Å². The molecule has 1 amide bonds. The Morgan fingerprint density at radius 2 is 2.11 bits per heavy atom. The zero-order chi connectivity index (χ0) is 18.8. The highest BCUT2D eigenvalue weighted by Crippen LogP contribution is 2.54. The highest BCUT2D eigenvalue weighted by Gasteiger charge is 2.60. The van der Waals surface area contributed by atoms with Crippen molar-refractivity contribution in [1.82, 2.24) is 19.4 Å². The summed E-state index contributed by atoms with van der Waals surface area (Å²) in [5, 5.41) is 7.27. The van der Waals surface area contributed by atoms with Crippen LogP contribution in [0.25, 0.3) is 0 Å². The number of carbonyl (C=O) groups is 1. The van der Waals surface area contributed by atoms with E-state index in [2.05, 4.69) is 35.9 Å². The van der Waals surface area contributed by atoms with Gasteiger partial charge in [-0.05, 0) is 32.6 Å². The Morgan fingerprint density at radius 3 is 2.74 bits per heavy atom. The van der Waals surface area contributed by atoms with Crippen molar-refractivity contribution in [2.45, 2.75) is 38.8 Å². The quantitative estimate of drug-likeness (QED) is 0.811. The molecule has 2 unspecified atom stereocenters. The number of likely N-dealkylation sites (tertiary alicyclic amines) is 1. The van der Waals surface area contributed by atoms with Gasteiger partial charge in [0.2, 0.25) is 0 Å². The third-order valence-corrected chi connectivity index (χ3v) is 6.91. The number of amides is 1. The lowest BCUT2D eigenvalue weighted by atomic mass is 9.98. The molecule has 27 heavy (non-hydrogen) atoms. The summed E-state index contributed by atoms with van der Waals surface area (Å²) in [6.07, 6.45) is 6.27. The Balaban J connectivity index is 1.22. The molecule has 0 aromatic carbocycles. The number of hydrogen-bond acceptors (Lipinski definition) is 6. The van der Waals surface area contributed by atoms with Gasteiger partial charge in [0.15, 0.2) is 0 Å². The number of aromatic nitrogens is 3. The van der Waals surface area contributed by atoms with E-state index < -0.39 is 0 Å². The van der Waals surface area contributed by atoms with E-state index in [-0.39, 0.29) is 17.6 Å². The van der Waals surface area contributed by atoms with Gasteiger partial charge in [0, 0.05) is 43.2 Å². The minimum absolute atomic E-state index is 0.0241. The normalized spacial score (nSPS) is 29.2. The van der Waals surface area contributed by atoms with E-state index in [0.29, 0.717) is 23.4 Å². The van der Waals surface area contributed by atoms with Gasteiger partial charge in [-0.25, -0.2) is 9.97 Å². The lowest BCUT2D eigenvalue weighted by molar-refractivity contribution is 0.0123. The van der Waals surface area contributed by atoms with Gasteiger partial charge in [0.1, 0.15) is 16.3 Å². The monoisotopic (exact) mass is 385 g/mol. The Bertz CT molecular complexity index is 891. The fraction of sp³-hybridized carbons (Fsp3) is 0.579. The third kappa shape index (κ3) is 2.86. The highest BCUT2D eigenvalue weighted by atomic mass is 32.1. The number of fused-ring (bicyclic) bond motifs is 1. The SMILES string of the molecule is C[C@@H](c1nccs1)n1cnc(C(=O)N2CC3C(C2)C3C2=NOC(C)(C)C2)c1. The molecule has 5 rings (SSSR count). The largest absolute Gasteiger partial charge is 0.389 e. The summed E-state index contributed by atoms with van der Waals surface area (Å²) in [7, 11) is 0. The molecule has 3 atom stereocenters.